The number of nitrogens with two attached hydrogens (primary N) is 1. The molecule has 1 unspecified atom stereocenters. The van der Waals surface area contributed by atoms with Crippen molar-refractivity contribution in [1.29, 1.82) is 0 Å². The summed E-state index contributed by atoms with van der Waals surface area (Å²) in [6.07, 6.45) is -4.01. The zero-order chi connectivity index (χ0) is 14.2. The van der Waals surface area contributed by atoms with E-state index in [1.54, 1.807) is 0 Å². The van der Waals surface area contributed by atoms with Gasteiger partial charge in [-0.2, -0.15) is 13.2 Å². The Bertz CT molecular complexity index is 504. The summed E-state index contributed by atoms with van der Waals surface area (Å²) < 4.78 is 38.1. The lowest BCUT2D eigenvalue weighted by Crippen LogP contribution is -2.26. The minimum atomic E-state index is -4.37. The number of rotatable bonds is 2. The number of hydrogen-bond donors (Lipinski definition) is 1. The highest BCUT2D eigenvalue weighted by molar-refractivity contribution is 14.1. The molecule has 0 aliphatic carbocycles. The van der Waals surface area contributed by atoms with Crippen molar-refractivity contribution >= 4 is 34.2 Å². The molecule has 1 saturated heterocycles. The molecular weight excluding hydrogens is 372 g/mol. The molecular formula is C12H12F3IN2O. The summed E-state index contributed by atoms with van der Waals surface area (Å²) in [6, 6.07) is 3.40. The second-order valence-electron chi connectivity index (χ2n) is 4.47. The molecule has 0 bridgehead atoms. The van der Waals surface area contributed by atoms with Crippen molar-refractivity contribution < 1.29 is 18.0 Å². The van der Waals surface area contributed by atoms with Crippen LogP contribution in [0, 0.1) is 9.49 Å². The Balaban J connectivity index is 2.30. The number of anilines is 1. The van der Waals surface area contributed by atoms with Gasteiger partial charge in [-0.1, -0.05) is 0 Å². The second kappa shape index (κ2) is 5.28. The number of hydrogen-bond acceptors (Lipinski definition) is 2. The number of benzene rings is 1. The molecule has 1 fully saturated rings. The molecule has 3 nitrogen and oxygen atoms in total. The van der Waals surface area contributed by atoms with Crippen molar-refractivity contribution in [3.8, 4) is 0 Å². The number of carbonyl (C=O) groups excluding carboxylic acids is 1. The summed E-state index contributed by atoms with van der Waals surface area (Å²) in [5.41, 5.74) is 5.34. The van der Waals surface area contributed by atoms with Gasteiger partial charge in [0.15, 0.2) is 0 Å². The molecule has 1 aromatic carbocycles. The molecule has 0 saturated carbocycles. The highest BCUT2D eigenvalue weighted by Gasteiger charge is 2.34. The summed E-state index contributed by atoms with van der Waals surface area (Å²) in [4.78, 5) is 13.3. The van der Waals surface area contributed by atoms with Crippen molar-refractivity contribution in [2.75, 3.05) is 18.0 Å². The first kappa shape index (κ1) is 14.6. The van der Waals surface area contributed by atoms with Gasteiger partial charge in [-0.3, -0.25) is 4.79 Å². The Labute approximate surface area is 122 Å². The van der Waals surface area contributed by atoms with Gasteiger partial charge >= 0.3 is 6.18 Å². The lowest BCUT2D eigenvalue weighted by molar-refractivity contribution is -0.137. The van der Waals surface area contributed by atoms with E-state index in [0.717, 1.165) is 12.1 Å². The number of amides is 1. The average molecular weight is 384 g/mol. The van der Waals surface area contributed by atoms with Crippen molar-refractivity contribution in [1.82, 2.24) is 0 Å². The first-order valence-corrected chi connectivity index (χ1v) is 6.78. The van der Waals surface area contributed by atoms with Crippen molar-refractivity contribution in [2.24, 2.45) is 11.7 Å². The van der Waals surface area contributed by atoms with Gasteiger partial charge in [0.1, 0.15) is 0 Å². The van der Waals surface area contributed by atoms with Crippen LogP contribution in [0.5, 0.6) is 0 Å². The van der Waals surface area contributed by atoms with Crippen molar-refractivity contribution in [2.45, 2.75) is 12.6 Å². The van der Waals surface area contributed by atoms with E-state index in [1.165, 1.54) is 11.0 Å². The molecule has 1 amide bonds. The molecule has 19 heavy (non-hydrogen) atoms. The first-order valence-electron chi connectivity index (χ1n) is 5.70. The van der Waals surface area contributed by atoms with Gasteiger partial charge in [0.05, 0.1) is 11.3 Å². The Morgan fingerprint density at radius 2 is 2.11 bits per heavy atom. The van der Waals surface area contributed by atoms with Crippen LogP contribution in [-0.2, 0) is 11.0 Å². The predicted molar refractivity (Wildman–Crippen MR) is 73.7 cm³/mol. The van der Waals surface area contributed by atoms with Crippen molar-refractivity contribution in [3.05, 3.63) is 27.3 Å². The first-order chi connectivity index (χ1) is 8.82. The topological polar surface area (TPSA) is 46.3 Å². The van der Waals surface area contributed by atoms with E-state index in [4.69, 9.17) is 5.73 Å². The minimum Gasteiger partial charge on any atom is -0.330 e. The predicted octanol–water partition coefficient (Wildman–Crippen LogP) is 2.62. The molecule has 2 rings (SSSR count). The monoisotopic (exact) mass is 384 g/mol. The molecule has 0 radical (unpaired) electrons. The molecule has 1 aliphatic rings. The van der Waals surface area contributed by atoms with Gasteiger partial charge in [-0.25, -0.2) is 0 Å². The van der Waals surface area contributed by atoms with Gasteiger partial charge in [0, 0.05) is 16.5 Å². The number of alkyl halides is 3. The van der Waals surface area contributed by atoms with E-state index in [9.17, 15) is 18.0 Å². The smallest absolute Gasteiger partial charge is 0.330 e. The average Bonchev–Trinajstić information content (AvgIpc) is 2.69. The van der Waals surface area contributed by atoms with Crippen LogP contribution >= 0.6 is 22.6 Å². The van der Waals surface area contributed by atoms with Crippen LogP contribution in [0.1, 0.15) is 12.0 Å². The summed E-state index contributed by atoms with van der Waals surface area (Å²) in [6.45, 7) is 0.871. The molecule has 1 aliphatic heterocycles. The molecule has 1 aromatic rings. The van der Waals surface area contributed by atoms with Crippen LogP contribution in [0.2, 0.25) is 0 Å². The third kappa shape index (κ3) is 3.02. The molecule has 0 aromatic heterocycles. The van der Waals surface area contributed by atoms with Crippen LogP contribution < -0.4 is 10.6 Å². The number of carbonyl (C=O) groups is 1. The van der Waals surface area contributed by atoms with Gasteiger partial charge in [-0.05, 0) is 53.3 Å². The highest BCUT2D eigenvalue weighted by atomic mass is 127. The highest BCUT2D eigenvalue weighted by Crippen LogP contribution is 2.35. The van der Waals surface area contributed by atoms with Crippen LogP contribution in [0.15, 0.2) is 18.2 Å². The SMILES string of the molecule is NCC1CC(=O)N(c2ccc(C(F)(F)F)cc2I)C1. The third-order valence-corrected chi connectivity index (χ3v) is 3.97. The number of halogens is 4. The summed E-state index contributed by atoms with van der Waals surface area (Å²) in [5, 5.41) is 0. The zero-order valence-electron chi connectivity index (χ0n) is 9.88. The Morgan fingerprint density at radius 1 is 1.42 bits per heavy atom. The Kier molecular flexibility index (Phi) is 4.05. The van der Waals surface area contributed by atoms with Gasteiger partial charge < -0.3 is 10.6 Å². The van der Waals surface area contributed by atoms with Gasteiger partial charge in [0.2, 0.25) is 5.91 Å². The van der Waals surface area contributed by atoms with E-state index in [1.807, 2.05) is 22.6 Å². The largest absolute Gasteiger partial charge is 0.416 e. The van der Waals surface area contributed by atoms with Crippen LogP contribution in [0.4, 0.5) is 18.9 Å². The standard InChI is InChI=1S/C12H12F3IN2O/c13-12(14,15)8-1-2-10(9(16)4-8)18-6-7(5-17)3-11(18)19/h1-2,4,7H,3,5-6,17H2. The molecule has 1 heterocycles. The van der Waals surface area contributed by atoms with Crippen LogP contribution in [-0.4, -0.2) is 19.0 Å². The van der Waals surface area contributed by atoms with E-state index in [0.29, 0.717) is 28.8 Å². The quantitative estimate of drug-likeness (QED) is 0.798. The second-order valence-corrected chi connectivity index (χ2v) is 5.64. The van der Waals surface area contributed by atoms with Gasteiger partial charge in [-0.15, -0.1) is 0 Å². The van der Waals surface area contributed by atoms with E-state index in [-0.39, 0.29) is 11.8 Å². The molecule has 104 valence electrons. The van der Waals surface area contributed by atoms with Crippen LogP contribution in [0.25, 0.3) is 0 Å². The van der Waals surface area contributed by atoms with E-state index in [2.05, 4.69) is 0 Å². The van der Waals surface area contributed by atoms with Crippen molar-refractivity contribution in [3.63, 3.8) is 0 Å². The molecule has 0 spiro atoms. The van der Waals surface area contributed by atoms with Gasteiger partial charge in [0.25, 0.3) is 0 Å². The molecule has 1 atom stereocenters. The fourth-order valence-corrected chi connectivity index (χ4v) is 2.88. The summed E-state index contributed by atoms with van der Waals surface area (Å²) in [5.74, 6) is -0.0151. The van der Waals surface area contributed by atoms with E-state index < -0.39 is 11.7 Å². The summed E-state index contributed by atoms with van der Waals surface area (Å²) >= 11 is 1.82. The minimum absolute atomic E-state index is 0.0746. The third-order valence-electron chi connectivity index (χ3n) is 3.10. The maximum absolute atomic E-state index is 12.6. The number of nitrogens with zero attached hydrogens (tertiary/aromatic N) is 1. The summed E-state index contributed by atoms with van der Waals surface area (Å²) in [7, 11) is 0. The Hall–Kier alpha value is -0.830. The Morgan fingerprint density at radius 3 is 2.58 bits per heavy atom. The molecule has 7 heteroatoms. The fourth-order valence-electron chi connectivity index (χ4n) is 2.07. The molecule has 2 N–H and O–H groups in total. The maximum atomic E-state index is 12.6. The lowest BCUT2D eigenvalue weighted by atomic mass is 10.1. The lowest BCUT2D eigenvalue weighted by Gasteiger charge is -2.19. The van der Waals surface area contributed by atoms with E-state index >= 15 is 0 Å². The zero-order valence-corrected chi connectivity index (χ0v) is 12.0. The fraction of sp³-hybridized carbons (Fsp3) is 0.417. The van der Waals surface area contributed by atoms with Crippen LogP contribution in [0.3, 0.4) is 0 Å². The normalized spacial score (nSPS) is 20.2. The maximum Gasteiger partial charge on any atom is 0.416 e.